The van der Waals surface area contributed by atoms with Crippen molar-refractivity contribution >= 4 is 16.0 Å². The maximum Gasteiger partial charge on any atom is 0.305 e. The third kappa shape index (κ3) is 5.08. The molecule has 0 amide bonds. The minimum atomic E-state index is -3.29. The second-order valence-corrected chi connectivity index (χ2v) is 7.06. The molecule has 0 aromatic carbocycles. The predicted octanol–water partition coefficient (Wildman–Crippen LogP) is 0.362. The largest absolute Gasteiger partial charge is 0.469 e. The zero-order valence-electron chi connectivity index (χ0n) is 11.5. The lowest BCUT2D eigenvalue weighted by molar-refractivity contribution is -0.140. The van der Waals surface area contributed by atoms with Crippen LogP contribution in [0, 0.1) is 5.92 Å². The van der Waals surface area contributed by atoms with E-state index < -0.39 is 10.0 Å². The van der Waals surface area contributed by atoms with Crippen molar-refractivity contribution in [2.75, 3.05) is 26.0 Å². The van der Waals surface area contributed by atoms with Crippen LogP contribution in [-0.2, 0) is 19.6 Å². The highest BCUT2D eigenvalue weighted by molar-refractivity contribution is 7.89. The lowest BCUT2D eigenvalue weighted by Crippen LogP contribution is -2.41. The normalized spacial score (nSPS) is 20.2. The summed E-state index contributed by atoms with van der Waals surface area (Å²) < 4.78 is 30.0. The first-order chi connectivity index (χ1) is 8.86. The first kappa shape index (κ1) is 16.4. The number of carbonyl (C=O) groups excluding carboxylic acids is 1. The summed E-state index contributed by atoms with van der Waals surface area (Å²) >= 11 is 0. The smallest absolute Gasteiger partial charge is 0.305 e. The second-order valence-electron chi connectivity index (χ2n) is 4.97. The van der Waals surface area contributed by atoms with E-state index in [1.54, 1.807) is 6.92 Å². The van der Waals surface area contributed by atoms with E-state index in [4.69, 9.17) is 0 Å². The Hall–Kier alpha value is -0.660. The van der Waals surface area contributed by atoms with Gasteiger partial charge in [-0.1, -0.05) is 0 Å². The molecule has 1 aliphatic heterocycles. The number of aliphatic hydroxyl groups excluding tert-OH is 1. The average molecular weight is 293 g/mol. The van der Waals surface area contributed by atoms with Gasteiger partial charge >= 0.3 is 5.97 Å². The first-order valence-corrected chi connectivity index (χ1v) is 8.20. The Morgan fingerprint density at radius 1 is 1.42 bits per heavy atom. The molecular formula is C12H23NO5S. The van der Waals surface area contributed by atoms with Crippen molar-refractivity contribution in [2.45, 2.75) is 38.7 Å². The van der Waals surface area contributed by atoms with Crippen molar-refractivity contribution in [1.82, 2.24) is 4.31 Å². The summed E-state index contributed by atoms with van der Waals surface area (Å²) in [5.74, 6) is -0.230. The summed E-state index contributed by atoms with van der Waals surface area (Å²) in [6, 6.07) is 0. The Bertz CT molecular complexity index is 385. The molecule has 1 aliphatic rings. The molecule has 1 atom stereocenters. The third-order valence-corrected chi connectivity index (χ3v) is 5.54. The molecule has 1 N–H and O–H groups in total. The Balaban J connectivity index is 2.40. The highest BCUT2D eigenvalue weighted by atomic mass is 32.2. The fourth-order valence-corrected chi connectivity index (χ4v) is 3.80. The maximum atomic E-state index is 12.0. The maximum absolute atomic E-state index is 12.0. The van der Waals surface area contributed by atoms with Crippen LogP contribution in [0.3, 0.4) is 0 Å². The molecule has 0 aromatic rings. The van der Waals surface area contributed by atoms with Gasteiger partial charge in [-0.3, -0.25) is 4.79 Å². The Labute approximate surface area is 114 Å². The van der Waals surface area contributed by atoms with Gasteiger partial charge in [0.1, 0.15) is 0 Å². The Kier molecular flexibility index (Phi) is 6.22. The van der Waals surface area contributed by atoms with Gasteiger partial charge in [0.15, 0.2) is 0 Å². The lowest BCUT2D eigenvalue weighted by Gasteiger charge is -2.32. The molecule has 7 heteroatoms. The van der Waals surface area contributed by atoms with Crippen LogP contribution in [0.2, 0.25) is 0 Å². The van der Waals surface area contributed by atoms with Crippen molar-refractivity contribution < 1.29 is 23.1 Å². The third-order valence-electron chi connectivity index (χ3n) is 3.59. The average Bonchev–Trinajstić information content (AvgIpc) is 2.38. The predicted molar refractivity (Wildman–Crippen MR) is 71.0 cm³/mol. The molecule has 0 saturated carbocycles. The fourth-order valence-electron chi connectivity index (χ4n) is 2.27. The van der Waals surface area contributed by atoms with Crippen molar-refractivity contribution in [2.24, 2.45) is 5.92 Å². The molecule has 1 heterocycles. The number of sulfonamides is 1. The molecule has 0 aromatic heterocycles. The van der Waals surface area contributed by atoms with E-state index in [1.165, 1.54) is 11.4 Å². The standard InChI is InChI=1S/C12H23NO5S/c1-10(14)11-5-7-13(8-6-11)19(16,17)9-3-4-12(15)18-2/h10-11,14H,3-9H2,1-2H3. The van der Waals surface area contributed by atoms with Crippen LogP contribution in [-0.4, -0.2) is 55.9 Å². The van der Waals surface area contributed by atoms with E-state index in [0.717, 1.165) is 0 Å². The monoisotopic (exact) mass is 293 g/mol. The summed E-state index contributed by atoms with van der Waals surface area (Å²) in [4.78, 5) is 10.9. The highest BCUT2D eigenvalue weighted by Crippen LogP contribution is 2.22. The number of hydrogen-bond acceptors (Lipinski definition) is 5. The molecule has 0 bridgehead atoms. The zero-order valence-corrected chi connectivity index (χ0v) is 12.4. The van der Waals surface area contributed by atoms with Crippen LogP contribution in [0.15, 0.2) is 0 Å². The van der Waals surface area contributed by atoms with E-state index in [0.29, 0.717) is 25.9 Å². The number of nitrogens with zero attached hydrogens (tertiary/aromatic N) is 1. The number of esters is 1. The zero-order chi connectivity index (χ0) is 14.5. The molecule has 6 nitrogen and oxygen atoms in total. The van der Waals surface area contributed by atoms with Gasteiger partial charge in [0, 0.05) is 19.5 Å². The molecule has 0 radical (unpaired) electrons. The van der Waals surface area contributed by atoms with E-state index in [1.807, 2.05) is 0 Å². The van der Waals surface area contributed by atoms with Crippen molar-refractivity contribution in [1.29, 1.82) is 0 Å². The number of aliphatic hydroxyl groups is 1. The van der Waals surface area contributed by atoms with E-state index in [2.05, 4.69) is 4.74 Å². The summed E-state index contributed by atoms with van der Waals surface area (Å²) in [6.45, 7) is 2.65. The van der Waals surface area contributed by atoms with Gasteiger partial charge in [0.25, 0.3) is 0 Å². The summed E-state index contributed by atoms with van der Waals surface area (Å²) in [5, 5.41) is 9.48. The Morgan fingerprint density at radius 2 is 2.00 bits per heavy atom. The van der Waals surface area contributed by atoms with Crippen LogP contribution in [0.4, 0.5) is 0 Å². The van der Waals surface area contributed by atoms with Gasteiger partial charge in [-0.2, -0.15) is 0 Å². The lowest BCUT2D eigenvalue weighted by atomic mass is 9.93. The van der Waals surface area contributed by atoms with Gasteiger partial charge in [-0.15, -0.1) is 0 Å². The van der Waals surface area contributed by atoms with Crippen LogP contribution in [0.25, 0.3) is 0 Å². The number of carbonyl (C=O) groups is 1. The number of rotatable bonds is 6. The Morgan fingerprint density at radius 3 is 2.47 bits per heavy atom. The van der Waals surface area contributed by atoms with Crippen LogP contribution >= 0.6 is 0 Å². The van der Waals surface area contributed by atoms with E-state index >= 15 is 0 Å². The van der Waals surface area contributed by atoms with Gasteiger partial charge in [-0.05, 0) is 32.1 Å². The van der Waals surface area contributed by atoms with E-state index in [-0.39, 0.29) is 36.6 Å². The van der Waals surface area contributed by atoms with Gasteiger partial charge in [-0.25, -0.2) is 12.7 Å². The van der Waals surface area contributed by atoms with Crippen molar-refractivity contribution in [3.05, 3.63) is 0 Å². The summed E-state index contributed by atoms with van der Waals surface area (Å²) in [7, 11) is -2.00. The molecule has 1 unspecified atom stereocenters. The summed E-state index contributed by atoms with van der Waals surface area (Å²) in [5.41, 5.74) is 0. The molecule has 0 aliphatic carbocycles. The topological polar surface area (TPSA) is 83.9 Å². The quantitative estimate of drug-likeness (QED) is 0.715. The minimum absolute atomic E-state index is 0.0263. The second kappa shape index (κ2) is 7.21. The molecule has 1 rings (SSSR count). The number of piperidine rings is 1. The molecule has 1 fully saturated rings. The molecule has 1 saturated heterocycles. The van der Waals surface area contributed by atoms with Crippen molar-refractivity contribution in [3.8, 4) is 0 Å². The van der Waals surface area contributed by atoms with E-state index in [9.17, 15) is 18.3 Å². The SMILES string of the molecule is COC(=O)CCCS(=O)(=O)N1CCC(C(C)O)CC1. The number of methoxy groups -OCH3 is 1. The van der Waals surface area contributed by atoms with Crippen LogP contribution in [0.1, 0.15) is 32.6 Å². The molecule has 19 heavy (non-hydrogen) atoms. The van der Waals surface area contributed by atoms with Gasteiger partial charge in [0.2, 0.25) is 10.0 Å². The fraction of sp³-hybridized carbons (Fsp3) is 0.917. The first-order valence-electron chi connectivity index (χ1n) is 6.59. The summed E-state index contributed by atoms with van der Waals surface area (Å²) in [6.07, 6.45) is 1.40. The van der Waals surface area contributed by atoms with Crippen LogP contribution in [0.5, 0.6) is 0 Å². The molecule has 0 spiro atoms. The van der Waals surface area contributed by atoms with Crippen molar-refractivity contribution in [3.63, 3.8) is 0 Å². The van der Waals surface area contributed by atoms with Gasteiger partial charge < -0.3 is 9.84 Å². The molecular weight excluding hydrogens is 270 g/mol. The number of ether oxygens (including phenoxy) is 1. The minimum Gasteiger partial charge on any atom is -0.469 e. The molecule has 112 valence electrons. The highest BCUT2D eigenvalue weighted by Gasteiger charge is 2.29. The number of hydrogen-bond donors (Lipinski definition) is 1. The van der Waals surface area contributed by atoms with Gasteiger partial charge in [0.05, 0.1) is 19.0 Å². The van der Waals surface area contributed by atoms with Crippen LogP contribution < -0.4 is 0 Å².